The zero-order valence-corrected chi connectivity index (χ0v) is 18.3. The molecule has 2 aromatic carbocycles. The quantitative estimate of drug-likeness (QED) is 0.519. The van der Waals surface area contributed by atoms with Crippen molar-refractivity contribution in [2.24, 2.45) is 0 Å². The Kier molecular flexibility index (Phi) is 7.61. The van der Waals surface area contributed by atoms with E-state index in [1.54, 1.807) is 4.57 Å². The van der Waals surface area contributed by atoms with Gasteiger partial charge in [0, 0.05) is 6.42 Å². The maximum absolute atomic E-state index is 13.2. The lowest BCUT2D eigenvalue weighted by Gasteiger charge is -2.15. The normalized spacial score (nSPS) is 10.7. The van der Waals surface area contributed by atoms with E-state index in [2.05, 4.69) is 24.9 Å². The average Bonchev–Trinajstić information content (AvgIpc) is 2.80. The smallest absolute Gasteiger partial charge is 0.260 e. The first kappa shape index (κ1) is 22.3. The number of unbranched alkanes of at least 4 members (excludes halogenated alkanes) is 2. The number of aromatic hydroxyl groups is 1. The van der Waals surface area contributed by atoms with Crippen LogP contribution in [0.25, 0.3) is 11.1 Å². The highest BCUT2D eigenvalue weighted by Gasteiger charge is 2.16. The Balaban J connectivity index is 1.95. The third-order valence-corrected chi connectivity index (χ3v) is 5.51. The number of nitrogens with zero attached hydrogens (tertiary/aromatic N) is 3. The van der Waals surface area contributed by atoms with Gasteiger partial charge in [-0.2, -0.15) is 10.2 Å². The van der Waals surface area contributed by atoms with Gasteiger partial charge in [0.05, 0.1) is 23.7 Å². The summed E-state index contributed by atoms with van der Waals surface area (Å²) < 4.78 is 1.71. The summed E-state index contributed by atoms with van der Waals surface area (Å²) in [7, 11) is 0. The summed E-state index contributed by atoms with van der Waals surface area (Å²) in [6.45, 7) is 4.56. The molecule has 0 spiro atoms. The van der Waals surface area contributed by atoms with Gasteiger partial charge in [0.15, 0.2) is 0 Å². The Morgan fingerprint density at radius 1 is 1.00 bits per heavy atom. The van der Waals surface area contributed by atoms with Crippen LogP contribution in [0.5, 0.6) is 5.88 Å². The molecule has 1 aromatic heterocycles. The molecule has 0 atom stereocenters. The summed E-state index contributed by atoms with van der Waals surface area (Å²) in [4.78, 5) is 17.6. The van der Waals surface area contributed by atoms with Gasteiger partial charge in [0.2, 0.25) is 5.88 Å². The number of rotatable bonds is 9. The molecule has 5 heteroatoms. The van der Waals surface area contributed by atoms with E-state index in [0.29, 0.717) is 36.3 Å². The van der Waals surface area contributed by atoms with Crippen LogP contribution in [0.1, 0.15) is 62.0 Å². The van der Waals surface area contributed by atoms with Crippen LogP contribution >= 0.6 is 0 Å². The van der Waals surface area contributed by atoms with Crippen LogP contribution in [-0.2, 0) is 19.4 Å². The Hall–Kier alpha value is -3.39. The minimum absolute atomic E-state index is 0.121. The summed E-state index contributed by atoms with van der Waals surface area (Å²) in [6.07, 6.45) is 4.87. The Bertz CT molecular complexity index is 1120. The molecule has 0 unspecified atom stereocenters. The summed E-state index contributed by atoms with van der Waals surface area (Å²) in [6, 6.07) is 17.7. The number of nitriles is 1. The minimum atomic E-state index is -0.147. The Morgan fingerprint density at radius 3 is 2.35 bits per heavy atom. The van der Waals surface area contributed by atoms with Gasteiger partial charge < -0.3 is 5.11 Å². The van der Waals surface area contributed by atoms with Gasteiger partial charge in [-0.3, -0.25) is 9.36 Å². The number of hydrogen-bond acceptors (Lipinski definition) is 4. The van der Waals surface area contributed by atoms with E-state index in [1.807, 2.05) is 48.5 Å². The highest BCUT2D eigenvalue weighted by atomic mass is 16.3. The van der Waals surface area contributed by atoms with Crippen LogP contribution in [-0.4, -0.2) is 14.7 Å². The van der Waals surface area contributed by atoms with Gasteiger partial charge in [0.1, 0.15) is 5.82 Å². The van der Waals surface area contributed by atoms with Gasteiger partial charge in [-0.05, 0) is 42.0 Å². The fourth-order valence-corrected chi connectivity index (χ4v) is 3.69. The molecule has 160 valence electrons. The summed E-state index contributed by atoms with van der Waals surface area (Å²) >= 11 is 0. The van der Waals surface area contributed by atoms with Crippen LogP contribution in [0.15, 0.2) is 53.3 Å². The number of benzene rings is 2. The van der Waals surface area contributed by atoms with Crippen molar-refractivity contribution < 1.29 is 5.11 Å². The fourth-order valence-electron chi connectivity index (χ4n) is 3.69. The van der Waals surface area contributed by atoms with Crippen LogP contribution in [0, 0.1) is 11.3 Å². The first-order chi connectivity index (χ1) is 15.1. The van der Waals surface area contributed by atoms with E-state index in [4.69, 9.17) is 0 Å². The molecule has 0 aliphatic carbocycles. The lowest BCUT2D eigenvalue weighted by molar-refractivity contribution is 0.430. The molecule has 3 aromatic rings. The summed E-state index contributed by atoms with van der Waals surface area (Å²) in [5, 5.41) is 19.7. The van der Waals surface area contributed by atoms with E-state index < -0.39 is 0 Å². The lowest BCUT2D eigenvalue weighted by Crippen LogP contribution is -2.29. The van der Waals surface area contributed by atoms with Crippen molar-refractivity contribution in [2.75, 3.05) is 0 Å². The summed E-state index contributed by atoms with van der Waals surface area (Å²) in [5.74, 6) is 0.507. The molecule has 1 heterocycles. The molecule has 1 N–H and O–H groups in total. The second-order valence-electron chi connectivity index (χ2n) is 7.78. The maximum Gasteiger partial charge on any atom is 0.260 e. The Morgan fingerprint density at radius 2 is 1.68 bits per heavy atom. The van der Waals surface area contributed by atoms with Crippen molar-refractivity contribution in [3.8, 4) is 23.1 Å². The molecule has 0 bridgehead atoms. The molecule has 0 radical (unpaired) electrons. The first-order valence-electron chi connectivity index (χ1n) is 11.0. The second-order valence-corrected chi connectivity index (χ2v) is 7.78. The van der Waals surface area contributed by atoms with Crippen molar-refractivity contribution in [1.82, 2.24) is 9.55 Å². The van der Waals surface area contributed by atoms with E-state index in [0.717, 1.165) is 42.4 Å². The molecule has 5 nitrogen and oxygen atoms in total. The monoisotopic (exact) mass is 415 g/mol. The molecular weight excluding hydrogens is 386 g/mol. The van der Waals surface area contributed by atoms with E-state index in [9.17, 15) is 15.2 Å². The second kappa shape index (κ2) is 10.6. The van der Waals surface area contributed by atoms with Crippen LogP contribution < -0.4 is 5.56 Å². The highest BCUT2D eigenvalue weighted by molar-refractivity contribution is 5.70. The van der Waals surface area contributed by atoms with Gasteiger partial charge in [-0.15, -0.1) is 0 Å². The molecule has 0 saturated heterocycles. The molecule has 0 aliphatic heterocycles. The molecule has 3 rings (SSSR count). The van der Waals surface area contributed by atoms with Gasteiger partial charge in [0.25, 0.3) is 5.56 Å². The van der Waals surface area contributed by atoms with Crippen LogP contribution in [0.4, 0.5) is 0 Å². The van der Waals surface area contributed by atoms with Gasteiger partial charge in [-0.1, -0.05) is 69.2 Å². The number of hydrogen-bond donors (Lipinski definition) is 1. The largest absolute Gasteiger partial charge is 0.493 e. The van der Waals surface area contributed by atoms with E-state index in [1.165, 1.54) is 0 Å². The zero-order valence-electron chi connectivity index (χ0n) is 18.3. The van der Waals surface area contributed by atoms with E-state index in [-0.39, 0.29) is 11.4 Å². The Labute approximate surface area is 183 Å². The summed E-state index contributed by atoms with van der Waals surface area (Å²) in [5.41, 5.74) is 3.73. The van der Waals surface area contributed by atoms with Crippen LogP contribution in [0.3, 0.4) is 0 Å². The molecular formula is C26H29N3O2. The molecule has 0 saturated carbocycles. The highest BCUT2D eigenvalue weighted by Crippen LogP contribution is 2.24. The molecule has 0 aliphatic rings. The van der Waals surface area contributed by atoms with E-state index >= 15 is 0 Å². The third-order valence-electron chi connectivity index (χ3n) is 5.51. The minimum Gasteiger partial charge on any atom is -0.493 e. The van der Waals surface area contributed by atoms with Gasteiger partial charge >= 0.3 is 0 Å². The predicted molar refractivity (Wildman–Crippen MR) is 123 cm³/mol. The SMILES string of the molecule is CCCCc1c(O)nc(CCCC)n(Cc2ccc(-c3ccccc3C#N)cc2)c1=O. The predicted octanol–water partition coefficient (Wildman–Crippen LogP) is 5.22. The first-order valence-corrected chi connectivity index (χ1v) is 11.0. The van der Waals surface area contributed by atoms with Crippen molar-refractivity contribution in [3.05, 3.63) is 81.4 Å². The molecule has 31 heavy (non-hydrogen) atoms. The van der Waals surface area contributed by atoms with Crippen molar-refractivity contribution >= 4 is 0 Å². The maximum atomic E-state index is 13.2. The molecule has 0 amide bonds. The average molecular weight is 416 g/mol. The zero-order chi connectivity index (χ0) is 22.2. The third kappa shape index (κ3) is 5.21. The standard InChI is InChI=1S/C26H29N3O2/c1-3-5-10-23-25(30)28-24(12-6-4-2)29(26(23)31)18-19-13-15-20(16-14-19)22-11-8-7-9-21(22)17-27/h7-9,11,13-16,30H,3-6,10,12,18H2,1-2H3. The molecule has 0 fully saturated rings. The van der Waals surface area contributed by atoms with Crippen molar-refractivity contribution in [1.29, 1.82) is 5.26 Å². The number of aryl methyl sites for hydroxylation is 1. The van der Waals surface area contributed by atoms with Crippen LogP contribution in [0.2, 0.25) is 0 Å². The van der Waals surface area contributed by atoms with Crippen molar-refractivity contribution in [2.45, 2.75) is 58.9 Å². The lowest BCUT2D eigenvalue weighted by atomic mass is 9.99. The topological polar surface area (TPSA) is 78.9 Å². The fraction of sp³-hybridized carbons (Fsp3) is 0.346. The van der Waals surface area contributed by atoms with Crippen molar-refractivity contribution in [3.63, 3.8) is 0 Å². The number of aromatic nitrogens is 2. The van der Waals surface area contributed by atoms with Gasteiger partial charge in [-0.25, -0.2) is 0 Å².